The normalized spacial score (nSPS) is 47.1. The third-order valence-electron chi connectivity index (χ3n) is 14.8. The van der Waals surface area contributed by atoms with Crippen LogP contribution in [-0.2, 0) is 33.3 Å². The molecule has 5 aliphatic rings. The van der Waals surface area contributed by atoms with Crippen molar-refractivity contribution in [1.82, 2.24) is 0 Å². The van der Waals surface area contributed by atoms with Crippen LogP contribution in [0.2, 0.25) is 0 Å². The first-order chi connectivity index (χ1) is 24.4. The summed E-state index contributed by atoms with van der Waals surface area (Å²) in [6.45, 7) is 20.1. The van der Waals surface area contributed by atoms with Crippen molar-refractivity contribution in [3.63, 3.8) is 0 Å². The van der Waals surface area contributed by atoms with E-state index >= 15 is 0 Å². The molecule has 0 aromatic carbocycles. The molecule has 18 atom stereocenters. The lowest BCUT2D eigenvalue weighted by molar-refractivity contribution is -0.442. The SMILES string of the molecule is CC[C@@H](C=O)[C@H]1CC[C@H](C)[C@H]([C@@H](C)[C@H](O)[C@H](C)C(=O)[C@H](CC)[C@H]2O[C@]3(CC[C@@H](O)[C@]4(CC[C@@](C)([C@H]5CC[C@](O)(CC)[C@H](C)O5)O4)O3)[C@H](C)C[C@@H]2C)O1. The van der Waals surface area contributed by atoms with E-state index in [0.717, 1.165) is 25.5 Å². The molecule has 5 fully saturated rings. The van der Waals surface area contributed by atoms with Crippen molar-refractivity contribution in [2.75, 3.05) is 0 Å². The molecule has 5 aliphatic heterocycles. The number of aldehydes is 1. The minimum Gasteiger partial charge on any atom is -0.392 e. The van der Waals surface area contributed by atoms with Crippen molar-refractivity contribution in [1.29, 1.82) is 0 Å². The van der Waals surface area contributed by atoms with Gasteiger partial charge in [0.05, 0.1) is 47.8 Å². The standard InChI is InChI=1S/C42H72O10/c1-11-30(23-43)32-15-14-24(4)37(49-32)28(8)35(45)27(7)36(46)31(12-2)38-25(5)22-26(6)41(50-38)19-16-33(44)42(52-41)21-20-39(10,51-42)34-17-18-40(47,13-3)29(9)48-34/h23-35,37-38,44-45,47H,11-22H2,1-10H3/t24-,25-,26+,27-,28-,29-,30-,31-,32+,33+,34+,35+,37+,38-,39-,40+,41-,42-/m0/s1. The Hall–Kier alpha value is -0.980. The monoisotopic (exact) mass is 737 g/mol. The van der Waals surface area contributed by atoms with Gasteiger partial charge in [-0.1, -0.05) is 55.4 Å². The molecule has 5 saturated heterocycles. The highest BCUT2D eigenvalue weighted by molar-refractivity contribution is 5.84. The first-order valence-electron chi connectivity index (χ1n) is 20.9. The average Bonchev–Trinajstić information content (AvgIpc) is 3.47. The van der Waals surface area contributed by atoms with Crippen LogP contribution in [0.4, 0.5) is 0 Å². The second-order valence-corrected chi connectivity index (χ2v) is 18.1. The summed E-state index contributed by atoms with van der Waals surface area (Å²) in [5, 5.41) is 34.3. The molecule has 0 unspecified atom stereocenters. The molecule has 0 aromatic rings. The number of hydrogen-bond donors (Lipinski definition) is 3. The van der Waals surface area contributed by atoms with E-state index < -0.39 is 52.9 Å². The minimum absolute atomic E-state index is 0.00377. The predicted octanol–water partition coefficient (Wildman–Crippen LogP) is 6.53. The van der Waals surface area contributed by atoms with Gasteiger partial charge in [-0.2, -0.15) is 0 Å². The Balaban J connectivity index is 1.30. The number of aliphatic hydroxyl groups excluding tert-OH is 2. The third-order valence-corrected chi connectivity index (χ3v) is 14.8. The zero-order chi connectivity index (χ0) is 38.4. The molecule has 0 radical (unpaired) electrons. The van der Waals surface area contributed by atoms with Crippen molar-refractivity contribution < 1.29 is 48.6 Å². The van der Waals surface area contributed by atoms with Gasteiger partial charge in [0.1, 0.15) is 18.2 Å². The largest absolute Gasteiger partial charge is 0.392 e. The molecule has 5 heterocycles. The summed E-state index contributed by atoms with van der Waals surface area (Å²) >= 11 is 0. The molecule has 5 rings (SSSR count). The van der Waals surface area contributed by atoms with Gasteiger partial charge in [-0.05, 0) is 89.9 Å². The maximum absolute atomic E-state index is 14.4. The van der Waals surface area contributed by atoms with Crippen molar-refractivity contribution in [3.8, 4) is 0 Å². The lowest BCUT2D eigenvalue weighted by Gasteiger charge is -2.56. The fraction of sp³-hybridized carbons (Fsp3) is 0.952. The van der Waals surface area contributed by atoms with Crippen molar-refractivity contribution >= 4 is 12.1 Å². The van der Waals surface area contributed by atoms with Crippen molar-refractivity contribution in [3.05, 3.63) is 0 Å². The number of carbonyl (C=O) groups is 2. The number of Topliss-reactive ketones (excluding diaryl/α,β-unsaturated/α-hetero) is 1. The molecule has 0 amide bonds. The predicted molar refractivity (Wildman–Crippen MR) is 197 cm³/mol. The Bertz CT molecular complexity index is 1230. The maximum Gasteiger partial charge on any atom is 0.198 e. The minimum atomic E-state index is -1.27. The Morgan fingerprint density at radius 3 is 2.19 bits per heavy atom. The number of ether oxygens (including phenoxy) is 5. The molecule has 0 saturated carbocycles. The molecule has 0 aliphatic carbocycles. The van der Waals surface area contributed by atoms with E-state index in [1.165, 1.54) is 0 Å². The zero-order valence-electron chi connectivity index (χ0n) is 33.8. The van der Waals surface area contributed by atoms with Gasteiger partial charge >= 0.3 is 0 Å². The summed E-state index contributed by atoms with van der Waals surface area (Å²) in [5.74, 6) is -3.61. The van der Waals surface area contributed by atoms with E-state index in [4.69, 9.17) is 23.7 Å². The topological polar surface area (TPSA) is 141 Å². The Morgan fingerprint density at radius 2 is 1.58 bits per heavy atom. The van der Waals surface area contributed by atoms with Gasteiger partial charge in [0.15, 0.2) is 11.6 Å². The Labute approximate surface area is 313 Å². The molecule has 52 heavy (non-hydrogen) atoms. The highest BCUT2D eigenvalue weighted by atomic mass is 16.8. The number of aliphatic hydroxyl groups is 3. The molecule has 300 valence electrons. The summed E-state index contributed by atoms with van der Waals surface area (Å²) in [4.78, 5) is 26.2. The highest BCUT2D eigenvalue weighted by Crippen LogP contribution is 2.55. The number of rotatable bonds is 12. The Kier molecular flexibility index (Phi) is 13.2. The van der Waals surface area contributed by atoms with Crippen LogP contribution >= 0.6 is 0 Å². The third kappa shape index (κ3) is 7.72. The number of carbonyl (C=O) groups excluding carboxylic acids is 2. The zero-order valence-corrected chi connectivity index (χ0v) is 33.8. The van der Waals surface area contributed by atoms with Crippen LogP contribution in [0.5, 0.6) is 0 Å². The second-order valence-electron chi connectivity index (χ2n) is 18.1. The second kappa shape index (κ2) is 16.2. The molecule has 10 heteroatoms. The van der Waals surface area contributed by atoms with Crippen LogP contribution in [0.3, 0.4) is 0 Å². The van der Waals surface area contributed by atoms with Crippen LogP contribution < -0.4 is 0 Å². The first kappa shape index (κ1) is 42.2. The van der Waals surface area contributed by atoms with Crippen molar-refractivity contribution in [2.24, 2.45) is 41.4 Å². The fourth-order valence-corrected chi connectivity index (χ4v) is 10.8. The number of hydrogen-bond acceptors (Lipinski definition) is 10. The van der Waals surface area contributed by atoms with E-state index in [-0.39, 0.29) is 59.8 Å². The average molecular weight is 737 g/mol. The van der Waals surface area contributed by atoms with Gasteiger partial charge in [0.25, 0.3) is 0 Å². The van der Waals surface area contributed by atoms with Gasteiger partial charge in [0, 0.05) is 42.4 Å². The van der Waals surface area contributed by atoms with E-state index in [1.54, 1.807) is 0 Å². The van der Waals surface area contributed by atoms with Gasteiger partial charge in [-0.15, -0.1) is 0 Å². The summed E-state index contributed by atoms with van der Waals surface area (Å²) in [6, 6.07) is 0. The maximum atomic E-state index is 14.4. The van der Waals surface area contributed by atoms with Crippen LogP contribution in [0.1, 0.15) is 146 Å². The molecule has 0 aromatic heterocycles. The van der Waals surface area contributed by atoms with E-state index in [2.05, 4.69) is 20.8 Å². The quantitative estimate of drug-likeness (QED) is 0.190. The smallest absolute Gasteiger partial charge is 0.198 e. The summed E-state index contributed by atoms with van der Waals surface area (Å²) in [7, 11) is 0. The van der Waals surface area contributed by atoms with Crippen LogP contribution in [0.25, 0.3) is 0 Å². The fourth-order valence-electron chi connectivity index (χ4n) is 10.8. The summed E-state index contributed by atoms with van der Waals surface area (Å²) < 4.78 is 33.8. The summed E-state index contributed by atoms with van der Waals surface area (Å²) in [6.07, 6.45) is 5.56. The van der Waals surface area contributed by atoms with E-state index in [1.807, 2.05) is 48.5 Å². The molecule has 10 nitrogen and oxygen atoms in total. The van der Waals surface area contributed by atoms with Crippen LogP contribution in [0.15, 0.2) is 0 Å². The van der Waals surface area contributed by atoms with E-state index in [0.29, 0.717) is 57.8 Å². The van der Waals surface area contributed by atoms with Gasteiger partial charge in [-0.3, -0.25) is 4.79 Å². The molecule has 0 bridgehead atoms. The van der Waals surface area contributed by atoms with Gasteiger partial charge in [0.2, 0.25) is 0 Å². The van der Waals surface area contributed by atoms with E-state index in [9.17, 15) is 24.9 Å². The highest BCUT2D eigenvalue weighted by Gasteiger charge is 2.64. The summed E-state index contributed by atoms with van der Waals surface area (Å²) in [5.41, 5.74) is -1.56. The molecule has 3 N–H and O–H groups in total. The molecule has 2 spiro atoms. The first-order valence-corrected chi connectivity index (χ1v) is 20.9. The van der Waals surface area contributed by atoms with Crippen LogP contribution in [-0.4, -0.2) is 92.9 Å². The lowest BCUT2D eigenvalue weighted by atomic mass is 9.72. The number of ketones is 1. The van der Waals surface area contributed by atoms with Gasteiger partial charge < -0.3 is 43.8 Å². The Morgan fingerprint density at radius 1 is 0.865 bits per heavy atom. The van der Waals surface area contributed by atoms with Crippen LogP contribution in [0, 0.1) is 41.4 Å². The molecular formula is C42H72O10. The van der Waals surface area contributed by atoms with Gasteiger partial charge in [-0.25, -0.2) is 0 Å². The van der Waals surface area contributed by atoms with Crippen molar-refractivity contribution in [2.45, 2.75) is 212 Å². The lowest BCUT2D eigenvalue weighted by Crippen LogP contribution is -2.65. The molecular weight excluding hydrogens is 664 g/mol.